The van der Waals surface area contributed by atoms with Crippen molar-refractivity contribution in [3.63, 3.8) is 0 Å². The van der Waals surface area contributed by atoms with Gasteiger partial charge in [-0.15, -0.1) is 0 Å². The number of nitrogens with zero attached hydrogens (tertiary/aromatic N) is 4. The van der Waals surface area contributed by atoms with Crippen LogP contribution in [-0.2, 0) is 6.42 Å². The van der Waals surface area contributed by atoms with E-state index in [-0.39, 0.29) is 17.5 Å². The monoisotopic (exact) mass is 388 g/mol. The Labute approximate surface area is 170 Å². The number of carbonyl (C=O) groups is 2. The summed E-state index contributed by atoms with van der Waals surface area (Å²) in [6, 6.07) is 16.5. The van der Waals surface area contributed by atoms with Gasteiger partial charge in [-0.1, -0.05) is 18.2 Å². The topological polar surface area (TPSA) is 66.4 Å². The predicted octanol–water partition coefficient (Wildman–Crippen LogP) is 3.46. The van der Waals surface area contributed by atoms with Crippen LogP contribution in [-0.4, -0.2) is 46.8 Å². The van der Waals surface area contributed by atoms with Crippen molar-refractivity contribution in [1.82, 2.24) is 14.9 Å². The zero-order valence-corrected chi connectivity index (χ0v) is 16.7. The van der Waals surface area contributed by atoms with Crippen LogP contribution in [0, 0.1) is 0 Å². The number of anilines is 1. The Kier molecular flexibility index (Phi) is 6.68. The minimum Gasteiger partial charge on any atom is -0.341 e. The lowest BCUT2D eigenvalue weighted by Crippen LogP contribution is -2.32. The van der Waals surface area contributed by atoms with E-state index < -0.39 is 0 Å². The van der Waals surface area contributed by atoms with E-state index in [0.29, 0.717) is 18.7 Å². The highest BCUT2D eigenvalue weighted by Gasteiger charge is 2.20. The van der Waals surface area contributed by atoms with Crippen molar-refractivity contribution >= 4 is 17.5 Å². The number of hydrogen-bond acceptors (Lipinski definition) is 4. The summed E-state index contributed by atoms with van der Waals surface area (Å²) < 4.78 is 0. The molecule has 0 atom stereocenters. The minimum absolute atomic E-state index is 0.140. The molecule has 0 aliphatic rings. The van der Waals surface area contributed by atoms with Gasteiger partial charge in [-0.25, -0.2) is 0 Å². The summed E-state index contributed by atoms with van der Waals surface area (Å²) in [6.07, 6.45) is 5.73. The Hall–Kier alpha value is -3.54. The molecule has 3 rings (SSSR count). The molecule has 0 radical (unpaired) electrons. The van der Waals surface area contributed by atoms with Crippen LogP contribution in [0.2, 0.25) is 0 Å². The van der Waals surface area contributed by atoms with Crippen molar-refractivity contribution < 1.29 is 9.59 Å². The van der Waals surface area contributed by atoms with E-state index in [1.165, 1.54) is 6.20 Å². The van der Waals surface area contributed by atoms with Crippen LogP contribution in [0.25, 0.3) is 0 Å². The molecular weight excluding hydrogens is 364 g/mol. The van der Waals surface area contributed by atoms with Crippen LogP contribution < -0.4 is 4.90 Å². The second-order valence-electron chi connectivity index (χ2n) is 6.65. The van der Waals surface area contributed by atoms with Gasteiger partial charge in [0.2, 0.25) is 0 Å². The lowest BCUT2D eigenvalue weighted by atomic mass is 10.1. The number of pyridine rings is 2. The van der Waals surface area contributed by atoms with E-state index in [2.05, 4.69) is 9.97 Å². The number of likely N-dealkylation sites (N-methyl/N-ethyl adjacent to an activating group) is 1. The van der Waals surface area contributed by atoms with Crippen LogP contribution in [0.15, 0.2) is 73.2 Å². The van der Waals surface area contributed by atoms with Gasteiger partial charge in [0.05, 0.1) is 0 Å². The number of hydrogen-bond donors (Lipinski definition) is 0. The highest BCUT2D eigenvalue weighted by molar-refractivity contribution is 6.06. The van der Waals surface area contributed by atoms with E-state index >= 15 is 0 Å². The normalized spacial score (nSPS) is 10.4. The number of amides is 2. The maximum Gasteiger partial charge on any atom is 0.276 e. The molecular formula is C23H24N4O2. The standard InChI is InChI=1S/C23H24N4O2/c1-3-27(20-7-5-4-6-8-20)23(29)21-17-19(11-15-25-21)22(28)26(2)16-12-18-9-13-24-14-10-18/h4-11,13-15,17H,3,12,16H2,1-2H3. The molecule has 0 saturated carbocycles. The Morgan fingerprint density at radius 1 is 0.931 bits per heavy atom. The van der Waals surface area contributed by atoms with Crippen molar-refractivity contribution in [3.05, 3.63) is 90.0 Å². The van der Waals surface area contributed by atoms with Crippen LogP contribution in [0.3, 0.4) is 0 Å². The third kappa shape index (κ3) is 5.04. The van der Waals surface area contributed by atoms with Gasteiger partial charge in [0.1, 0.15) is 5.69 Å². The molecule has 0 fully saturated rings. The summed E-state index contributed by atoms with van der Waals surface area (Å²) >= 11 is 0. The van der Waals surface area contributed by atoms with Crippen molar-refractivity contribution in [2.75, 3.05) is 25.0 Å². The molecule has 3 aromatic rings. The smallest absolute Gasteiger partial charge is 0.276 e. The van der Waals surface area contributed by atoms with Crippen LogP contribution in [0.1, 0.15) is 33.3 Å². The molecule has 0 bridgehead atoms. The Morgan fingerprint density at radius 2 is 1.66 bits per heavy atom. The molecule has 2 amide bonds. The summed E-state index contributed by atoms with van der Waals surface area (Å²) in [5.41, 5.74) is 2.62. The maximum atomic E-state index is 13.0. The number of para-hydroxylation sites is 1. The molecule has 2 heterocycles. The molecule has 0 aliphatic heterocycles. The number of aromatic nitrogens is 2. The molecule has 0 aliphatic carbocycles. The highest BCUT2D eigenvalue weighted by atomic mass is 16.2. The average molecular weight is 388 g/mol. The zero-order valence-electron chi connectivity index (χ0n) is 16.7. The van der Waals surface area contributed by atoms with Crippen molar-refractivity contribution in [3.8, 4) is 0 Å². The van der Waals surface area contributed by atoms with Gasteiger partial charge in [-0.2, -0.15) is 0 Å². The molecule has 0 saturated heterocycles. The zero-order chi connectivity index (χ0) is 20.6. The van der Waals surface area contributed by atoms with Crippen molar-refractivity contribution in [2.45, 2.75) is 13.3 Å². The second kappa shape index (κ2) is 9.59. The van der Waals surface area contributed by atoms with Crippen molar-refractivity contribution in [2.24, 2.45) is 0 Å². The van der Waals surface area contributed by atoms with E-state index in [4.69, 9.17) is 0 Å². The average Bonchev–Trinajstić information content (AvgIpc) is 2.79. The molecule has 6 nitrogen and oxygen atoms in total. The van der Waals surface area contributed by atoms with E-state index in [9.17, 15) is 9.59 Å². The maximum absolute atomic E-state index is 13.0. The van der Waals surface area contributed by atoms with E-state index in [1.807, 2.05) is 49.4 Å². The van der Waals surface area contributed by atoms with Gasteiger partial charge in [-0.3, -0.25) is 19.6 Å². The molecule has 0 spiro atoms. The lowest BCUT2D eigenvalue weighted by molar-refractivity contribution is 0.0796. The number of benzene rings is 1. The SMILES string of the molecule is CCN(C(=O)c1cc(C(=O)N(C)CCc2ccncc2)ccn1)c1ccccc1. The van der Waals surface area contributed by atoms with E-state index in [0.717, 1.165) is 17.7 Å². The molecule has 1 aromatic carbocycles. The predicted molar refractivity (Wildman–Crippen MR) is 113 cm³/mol. The largest absolute Gasteiger partial charge is 0.341 e. The number of rotatable bonds is 7. The lowest BCUT2D eigenvalue weighted by Gasteiger charge is -2.21. The first-order chi connectivity index (χ1) is 14.1. The van der Waals surface area contributed by atoms with Gasteiger partial charge in [0.15, 0.2) is 0 Å². The Morgan fingerprint density at radius 3 is 2.34 bits per heavy atom. The quantitative estimate of drug-likeness (QED) is 0.622. The fourth-order valence-corrected chi connectivity index (χ4v) is 3.04. The molecule has 2 aromatic heterocycles. The second-order valence-corrected chi connectivity index (χ2v) is 6.65. The van der Waals surface area contributed by atoms with Gasteiger partial charge in [-0.05, 0) is 55.3 Å². The summed E-state index contributed by atoms with van der Waals surface area (Å²) in [6.45, 7) is 2.99. The summed E-state index contributed by atoms with van der Waals surface area (Å²) in [5.74, 6) is -0.369. The molecule has 29 heavy (non-hydrogen) atoms. The van der Waals surface area contributed by atoms with Crippen LogP contribution in [0.5, 0.6) is 0 Å². The first kappa shape index (κ1) is 20.2. The van der Waals surface area contributed by atoms with Gasteiger partial charge in [0, 0.05) is 50.0 Å². The van der Waals surface area contributed by atoms with E-state index in [1.54, 1.807) is 41.4 Å². The van der Waals surface area contributed by atoms with Crippen LogP contribution >= 0.6 is 0 Å². The Balaban J connectivity index is 1.72. The fraction of sp³-hybridized carbons (Fsp3) is 0.217. The first-order valence-corrected chi connectivity index (χ1v) is 9.57. The summed E-state index contributed by atoms with van der Waals surface area (Å²) in [7, 11) is 1.76. The summed E-state index contributed by atoms with van der Waals surface area (Å²) in [5, 5.41) is 0. The van der Waals surface area contributed by atoms with Gasteiger partial charge < -0.3 is 9.80 Å². The first-order valence-electron chi connectivity index (χ1n) is 9.57. The highest BCUT2D eigenvalue weighted by Crippen LogP contribution is 2.16. The minimum atomic E-state index is -0.229. The van der Waals surface area contributed by atoms with Gasteiger partial charge in [0.25, 0.3) is 11.8 Å². The third-order valence-electron chi connectivity index (χ3n) is 4.69. The molecule has 0 N–H and O–H groups in total. The molecule has 0 unspecified atom stereocenters. The van der Waals surface area contributed by atoms with Gasteiger partial charge >= 0.3 is 0 Å². The number of carbonyl (C=O) groups excluding carboxylic acids is 2. The summed E-state index contributed by atoms with van der Waals surface area (Å²) in [4.78, 5) is 37.3. The third-order valence-corrected chi connectivity index (χ3v) is 4.69. The van der Waals surface area contributed by atoms with Crippen molar-refractivity contribution in [1.29, 1.82) is 0 Å². The molecule has 6 heteroatoms. The molecule has 148 valence electrons. The Bertz CT molecular complexity index is 961. The van der Waals surface area contributed by atoms with Crippen LogP contribution in [0.4, 0.5) is 5.69 Å². The fourth-order valence-electron chi connectivity index (χ4n) is 3.04.